The standard InChI is InChI=1S/C17H24N2O3/c1-21-15-9-13-5-8-19(11-14(13)10-16(15)22-2)17(20)12-18-6-3-4-7-18/h9-10H,3-8,11-12H2,1-2H3. The summed E-state index contributed by atoms with van der Waals surface area (Å²) in [7, 11) is 3.29. The van der Waals surface area contributed by atoms with Gasteiger partial charge in [0.05, 0.1) is 20.8 Å². The summed E-state index contributed by atoms with van der Waals surface area (Å²) in [5, 5.41) is 0. The molecule has 0 atom stereocenters. The minimum Gasteiger partial charge on any atom is -0.493 e. The van der Waals surface area contributed by atoms with Gasteiger partial charge in [-0.15, -0.1) is 0 Å². The molecule has 0 aliphatic carbocycles. The van der Waals surface area contributed by atoms with Crippen LogP contribution in [0, 0.1) is 0 Å². The molecule has 1 aromatic rings. The summed E-state index contributed by atoms with van der Waals surface area (Å²) in [6, 6.07) is 4.04. The van der Waals surface area contributed by atoms with Crippen LogP contribution in [0.2, 0.25) is 0 Å². The molecule has 2 aliphatic rings. The van der Waals surface area contributed by atoms with Crippen molar-refractivity contribution in [2.75, 3.05) is 40.4 Å². The van der Waals surface area contributed by atoms with E-state index < -0.39 is 0 Å². The van der Waals surface area contributed by atoms with Crippen LogP contribution in [-0.4, -0.2) is 56.1 Å². The molecule has 3 rings (SSSR count). The summed E-state index contributed by atoms with van der Waals surface area (Å²) < 4.78 is 10.7. The van der Waals surface area contributed by atoms with Crippen molar-refractivity contribution in [3.8, 4) is 11.5 Å². The van der Waals surface area contributed by atoms with E-state index in [2.05, 4.69) is 4.90 Å². The normalized spacial score (nSPS) is 18.2. The lowest BCUT2D eigenvalue weighted by molar-refractivity contribution is -0.133. The molecule has 120 valence electrons. The zero-order valence-corrected chi connectivity index (χ0v) is 13.4. The molecule has 0 unspecified atom stereocenters. The van der Waals surface area contributed by atoms with E-state index in [4.69, 9.17) is 9.47 Å². The molecule has 2 aliphatic heterocycles. The molecule has 1 amide bonds. The summed E-state index contributed by atoms with van der Waals surface area (Å²) in [4.78, 5) is 16.7. The van der Waals surface area contributed by atoms with E-state index in [9.17, 15) is 4.79 Å². The van der Waals surface area contributed by atoms with Crippen LogP contribution < -0.4 is 9.47 Å². The third-order valence-electron chi connectivity index (χ3n) is 4.63. The Balaban J connectivity index is 1.71. The molecule has 0 spiro atoms. The number of fused-ring (bicyclic) bond motifs is 1. The Kier molecular flexibility index (Phi) is 4.52. The van der Waals surface area contributed by atoms with Crippen LogP contribution in [0.5, 0.6) is 11.5 Å². The number of carbonyl (C=O) groups is 1. The van der Waals surface area contributed by atoms with Gasteiger partial charge in [0.2, 0.25) is 5.91 Å². The maximum atomic E-state index is 12.5. The zero-order valence-electron chi connectivity index (χ0n) is 13.4. The number of amides is 1. The average Bonchev–Trinajstić information content (AvgIpc) is 3.05. The molecule has 1 aromatic carbocycles. The molecule has 5 heteroatoms. The van der Waals surface area contributed by atoms with Crippen LogP contribution in [0.3, 0.4) is 0 Å². The SMILES string of the molecule is COc1cc2c(cc1OC)CN(C(=O)CN1CCCC1)CC2. The second-order valence-corrected chi connectivity index (χ2v) is 6.02. The van der Waals surface area contributed by atoms with Gasteiger partial charge in [0.25, 0.3) is 0 Å². The monoisotopic (exact) mass is 304 g/mol. The van der Waals surface area contributed by atoms with E-state index in [1.165, 1.54) is 24.0 Å². The molecule has 1 fully saturated rings. The molecule has 0 saturated carbocycles. The molecular weight excluding hydrogens is 280 g/mol. The highest BCUT2D eigenvalue weighted by atomic mass is 16.5. The van der Waals surface area contributed by atoms with Crippen molar-refractivity contribution in [3.63, 3.8) is 0 Å². The number of ether oxygens (including phenoxy) is 2. The van der Waals surface area contributed by atoms with E-state index in [-0.39, 0.29) is 5.91 Å². The van der Waals surface area contributed by atoms with E-state index in [1.807, 2.05) is 17.0 Å². The predicted octanol–water partition coefficient (Wildman–Crippen LogP) is 1.68. The lowest BCUT2D eigenvalue weighted by Crippen LogP contribution is -2.42. The van der Waals surface area contributed by atoms with Crippen molar-refractivity contribution in [1.29, 1.82) is 0 Å². The van der Waals surface area contributed by atoms with E-state index in [0.717, 1.165) is 37.6 Å². The maximum absolute atomic E-state index is 12.5. The number of likely N-dealkylation sites (tertiary alicyclic amines) is 1. The minimum atomic E-state index is 0.238. The summed E-state index contributed by atoms with van der Waals surface area (Å²) in [5.74, 6) is 1.73. The summed E-state index contributed by atoms with van der Waals surface area (Å²) in [5.41, 5.74) is 2.42. The summed E-state index contributed by atoms with van der Waals surface area (Å²) in [6.45, 7) is 4.13. The number of hydrogen-bond donors (Lipinski definition) is 0. The molecule has 1 saturated heterocycles. The van der Waals surface area contributed by atoms with Crippen molar-refractivity contribution in [2.45, 2.75) is 25.8 Å². The van der Waals surface area contributed by atoms with E-state index in [1.54, 1.807) is 14.2 Å². The topological polar surface area (TPSA) is 42.0 Å². The third kappa shape index (κ3) is 3.04. The van der Waals surface area contributed by atoms with E-state index >= 15 is 0 Å². The molecule has 0 bridgehead atoms. The highest BCUT2D eigenvalue weighted by Crippen LogP contribution is 2.33. The zero-order chi connectivity index (χ0) is 15.5. The van der Waals surface area contributed by atoms with Crippen LogP contribution in [0.4, 0.5) is 0 Å². The van der Waals surface area contributed by atoms with Gasteiger partial charge < -0.3 is 14.4 Å². The van der Waals surface area contributed by atoms with Crippen LogP contribution in [0.25, 0.3) is 0 Å². The molecule has 2 heterocycles. The van der Waals surface area contributed by atoms with Gasteiger partial charge in [-0.3, -0.25) is 9.69 Å². The second kappa shape index (κ2) is 6.57. The smallest absolute Gasteiger partial charge is 0.237 e. The number of hydrogen-bond acceptors (Lipinski definition) is 4. The minimum absolute atomic E-state index is 0.238. The van der Waals surface area contributed by atoms with Crippen LogP contribution in [-0.2, 0) is 17.8 Å². The Morgan fingerprint density at radius 3 is 2.32 bits per heavy atom. The Bertz CT molecular complexity index is 553. The van der Waals surface area contributed by atoms with Crippen LogP contribution >= 0.6 is 0 Å². The number of methoxy groups -OCH3 is 2. The number of rotatable bonds is 4. The lowest BCUT2D eigenvalue weighted by Gasteiger charge is -2.31. The molecule has 0 radical (unpaired) electrons. The van der Waals surface area contributed by atoms with Gasteiger partial charge in [0.15, 0.2) is 11.5 Å². The lowest BCUT2D eigenvalue weighted by atomic mass is 9.98. The highest BCUT2D eigenvalue weighted by Gasteiger charge is 2.24. The third-order valence-corrected chi connectivity index (χ3v) is 4.63. The molecule has 22 heavy (non-hydrogen) atoms. The molecule has 0 N–H and O–H groups in total. The predicted molar refractivity (Wildman–Crippen MR) is 84.3 cm³/mol. The first-order chi connectivity index (χ1) is 10.7. The fraction of sp³-hybridized carbons (Fsp3) is 0.588. The Labute approximate surface area is 131 Å². The fourth-order valence-corrected chi connectivity index (χ4v) is 3.33. The van der Waals surface area contributed by atoms with Gasteiger partial charge >= 0.3 is 0 Å². The van der Waals surface area contributed by atoms with Crippen molar-refractivity contribution >= 4 is 5.91 Å². The first-order valence-corrected chi connectivity index (χ1v) is 7.95. The first-order valence-electron chi connectivity index (χ1n) is 7.95. The fourth-order valence-electron chi connectivity index (χ4n) is 3.33. The largest absolute Gasteiger partial charge is 0.493 e. The van der Waals surface area contributed by atoms with Crippen molar-refractivity contribution in [1.82, 2.24) is 9.80 Å². The Hall–Kier alpha value is -1.75. The van der Waals surface area contributed by atoms with Gasteiger partial charge in [-0.1, -0.05) is 0 Å². The first kappa shape index (κ1) is 15.2. The molecule has 5 nitrogen and oxygen atoms in total. The van der Waals surface area contributed by atoms with Gasteiger partial charge in [-0.25, -0.2) is 0 Å². The number of carbonyl (C=O) groups excluding carboxylic acids is 1. The highest BCUT2D eigenvalue weighted by molar-refractivity contribution is 5.78. The van der Waals surface area contributed by atoms with Gasteiger partial charge in [-0.2, -0.15) is 0 Å². The van der Waals surface area contributed by atoms with Gasteiger partial charge in [0.1, 0.15) is 0 Å². The Morgan fingerprint density at radius 2 is 1.68 bits per heavy atom. The quantitative estimate of drug-likeness (QED) is 0.849. The Morgan fingerprint density at radius 1 is 1.05 bits per heavy atom. The van der Waals surface area contributed by atoms with E-state index in [0.29, 0.717) is 13.1 Å². The van der Waals surface area contributed by atoms with Gasteiger partial charge in [-0.05, 0) is 55.6 Å². The molecule has 0 aromatic heterocycles. The summed E-state index contributed by atoms with van der Waals surface area (Å²) >= 11 is 0. The van der Waals surface area contributed by atoms with Gasteiger partial charge in [0, 0.05) is 13.1 Å². The van der Waals surface area contributed by atoms with Crippen LogP contribution in [0.15, 0.2) is 12.1 Å². The molecular formula is C17H24N2O3. The maximum Gasteiger partial charge on any atom is 0.237 e. The van der Waals surface area contributed by atoms with Crippen LogP contribution in [0.1, 0.15) is 24.0 Å². The number of benzene rings is 1. The van der Waals surface area contributed by atoms with Crippen molar-refractivity contribution < 1.29 is 14.3 Å². The van der Waals surface area contributed by atoms with Crippen molar-refractivity contribution in [2.24, 2.45) is 0 Å². The average molecular weight is 304 g/mol. The number of nitrogens with zero attached hydrogens (tertiary/aromatic N) is 2. The summed E-state index contributed by atoms with van der Waals surface area (Å²) in [6.07, 6.45) is 3.31. The second-order valence-electron chi connectivity index (χ2n) is 6.02. The van der Waals surface area contributed by atoms with Crippen molar-refractivity contribution in [3.05, 3.63) is 23.3 Å².